The van der Waals surface area contributed by atoms with E-state index in [0.717, 1.165) is 25.1 Å². The van der Waals surface area contributed by atoms with E-state index in [1.165, 1.54) is 179 Å². The Kier molecular flexibility index (Phi) is 11.2. The molecule has 0 saturated carbocycles. The first-order valence-electron chi connectivity index (χ1n) is 29.3. The van der Waals surface area contributed by atoms with E-state index in [2.05, 4.69) is 220 Å². The van der Waals surface area contributed by atoms with Crippen molar-refractivity contribution in [1.82, 2.24) is 4.57 Å². The van der Waals surface area contributed by atoms with E-state index in [-0.39, 0.29) is 27.1 Å². The van der Waals surface area contributed by atoms with Crippen molar-refractivity contribution in [3.8, 4) is 27.9 Å². The van der Waals surface area contributed by atoms with Crippen molar-refractivity contribution >= 4 is 114 Å². The summed E-state index contributed by atoms with van der Waals surface area (Å²) < 4.78 is 8.13. The molecule has 1 N–H and O–H groups in total. The van der Waals surface area contributed by atoms with Crippen LogP contribution in [-0.2, 0) is 33.5 Å². The average molecular weight is 1060 g/mol. The molecular weight excluding hydrogens is 980 g/mol. The molecule has 14 rings (SSSR count). The Bertz CT molecular complexity index is 4310. The number of aryl methyl sites for hydroxylation is 1. The van der Waals surface area contributed by atoms with Gasteiger partial charge in [-0.2, -0.15) is 0 Å². The van der Waals surface area contributed by atoms with Gasteiger partial charge >= 0.3 is 0 Å². The molecule has 0 spiro atoms. The molecule has 3 aliphatic rings. The molecule has 2 nitrogen and oxygen atoms in total. The van der Waals surface area contributed by atoms with Crippen LogP contribution in [0.5, 0.6) is 0 Å². The van der Waals surface area contributed by atoms with E-state index in [9.17, 15) is 0 Å². The summed E-state index contributed by atoms with van der Waals surface area (Å²) >= 11 is 3.90. The fourth-order valence-electron chi connectivity index (χ4n) is 14.4. The van der Waals surface area contributed by atoms with Crippen molar-refractivity contribution in [3.05, 3.63) is 161 Å². The van der Waals surface area contributed by atoms with Gasteiger partial charge in [-0.15, -0.1) is 22.7 Å². The molecule has 0 radical (unpaired) electrons. The minimum Gasteiger partial charge on any atom is -0.355 e. The number of benzene rings is 8. The van der Waals surface area contributed by atoms with Gasteiger partial charge in [-0.05, 0) is 194 Å². The first-order chi connectivity index (χ1) is 37.2. The summed E-state index contributed by atoms with van der Waals surface area (Å²) in [5.74, 6) is 0. The molecule has 392 valence electrons. The molecule has 0 unspecified atom stereocenters. The Morgan fingerprint density at radius 3 is 1.86 bits per heavy atom. The molecule has 3 aromatic heterocycles. The summed E-state index contributed by atoms with van der Waals surface area (Å²) in [6.07, 6.45) is 9.60. The average Bonchev–Trinajstić information content (AvgIpc) is 4.19. The number of fused-ring (bicyclic) bond motifs is 13. The second kappa shape index (κ2) is 17.4. The van der Waals surface area contributed by atoms with Gasteiger partial charge < -0.3 is 9.88 Å². The number of nitrogens with one attached hydrogen (secondary N) is 1. The van der Waals surface area contributed by atoms with Crippen molar-refractivity contribution in [3.63, 3.8) is 0 Å². The smallest absolute Gasteiger partial charge is 0.198 e. The second-order valence-electron chi connectivity index (χ2n) is 27.7. The van der Waals surface area contributed by atoms with Gasteiger partial charge in [0.1, 0.15) is 0 Å². The number of hydrogen-bond donors (Lipinski definition) is 1. The third-order valence-electron chi connectivity index (χ3n) is 19.5. The first-order valence-corrected chi connectivity index (χ1v) is 31.0. The van der Waals surface area contributed by atoms with Gasteiger partial charge in [-0.1, -0.05) is 156 Å². The van der Waals surface area contributed by atoms with Crippen LogP contribution in [0.15, 0.2) is 127 Å². The number of hydrogen-bond acceptors (Lipinski definition) is 3. The van der Waals surface area contributed by atoms with Gasteiger partial charge in [0, 0.05) is 79.3 Å². The highest BCUT2D eigenvalue weighted by atomic mass is 32.1. The molecule has 0 bridgehead atoms. The summed E-state index contributed by atoms with van der Waals surface area (Å²) in [7, 11) is 0.846. The van der Waals surface area contributed by atoms with Gasteiger partial charge in [-0.3, -0.25) is 0 Å². The SMILES string of the molecule is CCCCCc1ccc(Nc2cc3sc4cc5c(cc4c3cc2-c2cc(-c3ccc4c(c3)sc3ccccc34)c3c4cc6c(cc4n4c3c2Bc2cc(C(C)(C)C)ccc2-4)C(C)(C)CCC6(C)C)C(C)(C)CCC5(C)C)cc1. The minimum absolute atomic E-state index is 0.00659. The van der Waals surface area contributed by atoms with Gasteiger partial charge in [0.05, 0.1) is 5.52 Å². The molecule has 0 saturated heterocycles. The van der Waals surface area contributed by atoms with Gasteiger partial charge in [0.15, 0.2) is 7.28 Å². The zero-order valence-corrected chi connectivity index (χ0v) is 49.9. The molecule has 4 heterocycles. The topological polar surface area (TPSA) is 17.0 Å². The van der Waals surface area contributed by atoms with Gasteiger partial charge in [-0.25, -0.2) is 0 Å². The molecule has 0 atom stereocenters. The monoisotopic (exact) mass is 1050 g/mol. The zero-order chi connectivity index (χ0) is 54.0. The number of thiophene rings is 2. The molecule has 0 amide bonds. The Balaban J connectivity index is 1.11. The highest BCUT2D eigenvalue weighted by Crippen LogP contribution is 2.53. The molecule has 8 aromatic carbocycles. The molecule has 78 heavy (non-hydrogen) atoms. The van der Waals surface area contributed by atoms with Crippen LogP contribution in [0, 0.1) is 0 Å². The third-order valence-corrected chi connectivity index (χ3v) is 21.8. The number of unbranched alkanes of at least 4 members (excludes halogenated alkanes) is 2. The van der Waals surface area contributed by atoms with E-state index in [0.29, 0.717) is 0 Å². The number of aromatic nitrogens is 1. The highest BCUT2D eigenvalue weighted by Gasteiger charge is 2.40. The standard InChI is InChI=1S/C73H75BN2S2/c1-13-14-15-18-42-21-25-45(26-22-42)75-59-41-65-50(51-37-54-57(40-64(51)78-65)73(11,12)32-30-70(54,5)6)36-49(59)52-35-48(43-23-27-47-46-19-16-17-20-62(46)77-63(47)33-43)66-53-38-55-56(72(9,10)31-29-71(55,7)8)39-61(53)76-60-28-24-44(69(2,3)4)34-58(60)74-67(52)68(66)76/h16-17,19-28,33-41,74-75H,13-15,18,29-32H2,1-12H3. The lowest BCUT2D eigenvalue weighted by molar-refractivity contribution is 0.332. The molecular formula is C73H75BN2S2. The summed E-state index contributed by atoms with van der Waals surface area (Å²) in [5, 5.41) is 12.3. The van der Waals surface area contributed by atoms with E-state index in [1.807, 2.05) is 22.7 Å². The van der Waals surface area contributed by atoms with Crippen LogP contribution in [0.1, 0.15) is 161 Å². The molecule has 5 heteroatoms. The maximum Gasteiger partial charge on any atom is 0.198 e. The van der Waals surface area contributed by atoms with Crippen LogP contribution in [0.4, 0.5) is 11.4 Å². The van der Waals surface area contributed by atoms with Crippen LogP contribution >= 0.6 is 22.7 Å². The van der Waals surface area contributed by atoms with Crippen molar-refractivity contribution in [2.24, 2.45) is 0 Å². The molecule has 2 aliphatic carbocycles. The quantitative estimate of drug-likeness (QED) is 0.119. The maximum atomic E-state index is 4.14. The normalized spacial score (nSPS) is 17.0. The Morgan fingerprint density at radius 2 is 1.15 bits per heavy atom. The largest absolute Gasteiger partial charge is 0.355 e. The van der Waals surface area contributed by atoms with E-state index in [4.69, 9.17) is 0 Å². The summed E-state index contributed by atoms with van der Waals surface area (Å²) in [6.45, 7) is 29.2. The van der Waals surface area contributed by atoms with Crippen molar-refractivity contribution in [2.75, 3.05) is 5.32 Å². The summed E-state index contributed by atoms with van der Waals surface area (Å²) in [5.41, 5.74) is 23.5. The van der Waals surface area contributed by atoms with Gasteiger partial charge in [0.2, 0.25) is 0 Å². The predicted octanol–water partition coefficient (Wildman–Crippen LogP) is 20.0. The van der Waals surface area contributed by atoms with Crippen LogP contribution in [0.3, 0.4) is 0 Å². The zero-order valence-electron chi connectivity index (χ0n) is 48.3. The van der Waals surface area contributed by atoms with Gasteiger partial charge in [0.25, 0.3) is 0 Å². The number of rotatable bonds is 8. The Hall–Kier alpha value is -6.14. The summed E-state index contributed by atoms with van der Waals surface area (Å²) in [4.78, 5) is 0. The van der Waals surface area contributed by atoms with Crippen LogP contribution in [0.2, 0.25) is 0 Å². The van der Waals surface area contributed by atoms with E-state index < -0.39 is 0 Å². The van der Waals surface area contributed by atoms with Crippen LogP contribution in [-0.4, -0.2) is 11.8 Å². The van der Waals surface area contributed by atoms with E-state index >= 15 is 0 Å². The second-order valence-corrected chi connectivity index (χ2v) is 29.9. The lowest BCUT2D eigenvalue weighted by atomic mass is 9.58. The Morgan fingerprint density at radius 1 is 0.538 bits per heavy atom. The minimum atomic E-state index is 0.00659. The van der Waals surface area contributed by atoms with Crippen molar-refractivity contribution in [2.45, 2.75) is 162 Å². The van der Waals surface area contributed by atoms with Crippen LogP contribution in [0.25, 0.3) is 90.1 Å². The van der Waals surface area contributed by atoms with Crippen molar-refractivity contribution in [1.29, 1.82) is 0 Å². The predicted molar refractivity (Wildman–Crippen MR) is 346 cm³/mol. The molecule has 11 aromatic rings. The molecule has 0 fully saturated rings. The lowest BCUT2D eigenvalue weighted by Gasteiger charge is -2.42. The maximum absolute atomic E-state index is 4.14. The third kappa shape index (κ3) is 7.82. The number of nitrogens with zero attached hydrogens (tertiary/aromatic N) is 1. The Labute approximate surface area is 471 Å². The molecule has 1 aliphatic heterocycles. The number of anilines is 2. The van der Waals surface area contributed by atoms with Crippen LogP contribution < -0.4 is 16.2 Å². The lowest BCUT2D eigenvalue weighted by Crippen LogP contribution is -2.38. The fraction of sp³-hybridized carbons (Fsp3) is 0.342. The van der Waals surface area contributed by atoms with Crippen molar-refractivity contribution < 1.29 is 0 Å². The summed E-state index contributed by atoms with van der Waals surface area (Å²) in [6, 6.07) is 51.4. The fourth-order valence-corrected chi connectivity index (χ4v) is 16.7. The highest BCUT2D eigenvalue weighted by molar-refractivity contribution is 7.26. The first kappa shape index (κ1) is 50.1. The van der Waals surface area contributed by atoms with E-state index in [1.54, 1.807) is 0 Å².